The SMILES string of the molecule is CC(=O)N1CC(c2ccc(OC(F)F)c(OCC3CC3)c2)C[C@@H]1C(=O)OCc1cccc(C(N)=O)n1. The van der Waals surface area contributed by atoms with E-state index in [0.717, 1.165) is 18.4 Å². The van der Waals surface area contributed by atoms with E-state index in [-0.39, 0.29) is 48.6 Å². The Bertz CT molecular complexity index is 1140. The zero-order valence-electron chi connectivity index (χ0n) is 19.7. The van der Waals surface area contributed by atoms with Gasteiger partial charge in [0.2, 0.25) is 5.91 Å². The Morgan fingerprint density at radius 1 is 1.17 bits per heavy atom. The summed E-state index contributed by atoms with van der Waals surface area (Å²) < 4.78 is 41.4. The number of carbonyl (C=O) groups is 3. The topological polar surface area (TPSA) is 121 Å². The van der Waals surface area contributed by atoms with E-state index in [1.54, 1.807) is 24.3 Å². The van der Waals surface area contributed by atoms with Crippen LogP contribution in [-0.4, -0.2) is 53.5 Å². The van der Waals surface area contributed by atoms with Gasteiger partial charge in [0, 0.05) is 19.4 Å². The van der Waals surface area contributed by atoms with Gasteiger partial charge >= 0.3 is 12.6 Å². The minimum atomic E-state index is -2.99. The van der Waals surface area contributed by atoms with Crippen molar-refractivity contribution in [1.29, 1.82) is 0 Å². The van der Waals surface area contributed by atoms with Crippen molar-refractivity contribution in [3.63, 3.8) is 0 Å². The average molecular weight is 504 g/mol. The molecule has 1 aliphatic carbocycles. The van der Waals surface area contributed by atoms with E-state index >= 15 is 0 Å². The lowest BCUT2D eigenvalue weighted by Gasteiger charge is -2.21. The number of aromatic nitrogens is 1. The number of halogens is 2. The summed E-state index contributed by atoms with van der Waals surface area (Å²) in [6.45, 7) is -1.15. The van der Waals surface area contributed by atoms with Gasteiger partial charge in [0.15, 0.2) is 11.5 Å². The molecule has 2 aliphatic rings. The highest BCUT2D eigenvalue weighted by molar-refractivity contribution is 5.90. The van der Waals surface area contributed by atoms with Crippen molar-refractivity contribution in [2.75, 3.05) is 13.2 Å². The zero-order valence-corrected chi connectivity index (χ0v) is 19.7. The molecule has 0 radical (unpaired) electrons. The number of likely N-dealkylation sites (tertiary alicyclic amines) is 1. The molecule has 2 heterocycles. The number of pyridine rings is 1. The summed E-state index contributed by atoms with van der Waals surface area (Å²) in [5.74, 6) is -1.29. The first-order valence-corrected chi connectivity index (χ1v) is 11.6. The summed E-state index contributed by atoms with van der Waals surface area (Å²) in [5.41, 5.74) is 6.36. The third-order valence-corrected chi connectivity index (χ3v) is 6.23. The van der Waals surface area contributed by atoms with Crippen LogP contribution in [0.4, 0.5) is 8.78 Å². The van der Waals surface area contributed by atoms with Crippen LogP contribution in [0.5, 0.6) is 11.5 Å². The van der Waals surface area contributed by atoms with Crippen LogP contribution in [0.15, 0.2) is 36.4 Å². The average Bonchev–Trinajstić information content (AvgIpc) is 3.56. The van der Waals surface area contributed by atoms with Crippen LogP contribution in [0.25, 0.3) is 0 Å². The zero-order chi connectivity index (χ0) is 25.8. The Hall–Kier alpha value is -3.76. The number of ether oxygens (including phenoxy) is 3. The van der Waals surface area contributed by atoms with Crippen LogP contribution < -0.4 is 15.2 Å². The van der Waals surface area contributed by atoms with Gasteiger partial charge in [-0.15, -0.1) is 0 Å². The minimum absolute atomic E-state index is 0.0498. The van der Waals surface area contributed by atoms with Crippen molar-refractivity contribution in [3.8, 4) is 11.5 Å². The number of amides is 2. The number of benzene rings is 1. The maximum absolute atomic E-state index is 12.9. The molecule has 2 amide bonds. The number of rotatable bonds is 10. The highest BCUT2D eigenvalue weighted by Gasteiger charge is 2.40. The van der Waals surface area contributed by atoms with Gasteiger partial charge in [0.25, 0.3) is 5.91 Å². The Morgan fingerprint density at radius 3 is 2.61 bits per heavy atom. The molecule has 1 aliphatic heterocycles. The summed E-state index contributed by atoms with van der Waals surface area (Å²) >= 11 is 0. The molecule has 4 rings (SSSR count). The van der Waals surface area contributed by atoms with E-state index in [1.807, 2.05) is 0 Å². The van der Waals surface area contributed by atoms with Crippen molar-refractivity contribution in [2.45, 2.75) is 51.4 Å². The lowest BCUT2D eigenvalue weighted by atomic mass is 9.96. The number of alkyl halides is 2. The molecule has 2 atom stereocenters. The van der Waals surface area contributed by atoms with Gasteiger partial charge in [0.1, 0.15) is 18.3 Å². The van der Waals surface area contributed by atoms with Crippen molar-refractivity contribution in [2.24, 2.45) is 11.7 Å². The Balaban J connectivity index is 1.47. The second-order valence-electron chi connectivity index (χ2n) is 8.94. The summed E-state index contributed by atoms with van der Waals surface area (Å²) in [6.07, 6.45) is 2.35. The first kappa shape index (κ1) is 25.3. The number of hydrogen-bond donors (Lipinski definition) is 1. The molecule has 2 N–H and O–H groups in total. The smallest absolute Gasteiger partial charge is 0.387 e. The van der Waals surface area contributed by atoms with Gasteiger partial charge < -0.3 is 24.8 Å². The summed E-state index contributed by atoms with van der Waals surface area (Å²) in [6, 6.07) is 8.48. The molecule has 36 heavy (non-hydrogen) atoms. The normalized spacial score (nSPS) is 19.3. The monoisotopic (exact) mass is 503 g/mol. The van der Waals surface area contributed by atoms with Gasteiger partial charge in [-0.3, -0.25) is 9.59 Å². The molecule has 2 aromatic rings. The Kier molecular flexibility index (Phi) is 7.66. The highest BCUT2D eigenvalue weighted by atomic mass is 19.3. The van der Waals surface area contributed by atoms with Crippen LogP contribution >= 0.6 is 0 Å². The molecule has 1 unspecified atom stereocenters. The predicted molar refractivity (Wildman–Crippen MR) is 122 cm³/mol. The van der Waals surface area contributed by atoms with Crippen LogP contribution in [0.2, 0.25) is 0 Å². The van der Waals surface area contributed by atoms with Gasteiger partial charge in [-0.1, -0.05) is 12.1 Å². The van der Waals surface area contributed by atoms with Crippen LogP contribution in [0.3, 0.4) is 0 Å². The van der Waals surface area contributed by atoms with Gasteiger partial charge in [0.05, 0.1) is 12.3 Å². The minimum Gasteiger partial charge on any atom is -0.489 e. The third-order valence-electron chi connectivity index (χ3n) is 6.23. The molecule has 11 heteroatoms. The lowest BCUT2D eigenvalue weighted by Crippen LogP contribution is -2.40. The first-order chi connectivity index (χ1) is 17.2. The van der Waals surface area contributed by atoms with E-state index in [0.29, 0.717) is 18.2 Å². The quantitative estimate of drug-likeness (QED) is 0.495. The maximum atomic E-state index is 12.9. The molecule has 1 saturated carbocycles. The Morgan fingerprint density at radius 2 is 1.94 bits per heavy atom. The molecule has 0 bridgehead atoms. The molecule has 192 valence electrons. The van der Waals surface area contributed by atoms with Crippen molar-refractivity contribution >= 4 is 17.8 Å². The predicted octanol–water partition coefficient (Wildman–Crippen LogP) is 3.02. The summed E-state index contributed by atoms with van der Waals surface area (Å²) in [5, 5.41) is 0. The second-order valence-corrected chi connectivity index (χ2v) is 8.94. The fraction of sp³-hybridized carbons (Fsp3) is 0.440. The number of carbonyl (C=O) groups excluding carboxylic acids is 3. The summed E-state index contributed by atoms with van der Waals surface area (Å²) in [7, 11) is 0. The molecule has 9 nitrogen and oxygen atoms in total. The van der Waals surface area contributed by atoms with E-state index in [2.05, 4.69) is 9.72 Å². The number of hydrogen-bond acceptors (Lipinski definition) is 7. The van der Waals surface area contributed by atoms with E-state index < -0.39 is 24.5 Å². The van der Waals surface area contributed by atoms with E-state index in [1.165, 1.54) is 24.0 Å². The second kappa shape index (κ2) is 10.9. The molecule has 1 aromatic heterocycles. The van der Waals surface area contributed by atoms with Crippen molar-refractivity contribution < 1.29 is 37.4 Å². The molecular formula is C25H27F2N3O6. The lowest BCUT2D eigenvalue weighted by molar-refractivity contribution is -0.154. The standard InChI is InChI=1S/C25H27F2N3O6/c1-14(31)30-11-17(9-20(30)24(33)35-13-18-3-2-4-19(29-18)23(28)32)16-7-8-21(36-25(26)27)22(10-16)34-12-15-5-6-15/h2-4,7-8,10,15,17,20,25H,5-6,9,11-13H2,1H3,(H2,28,32)/t17?,20-/m1/s1. The largest absolute Gasteiger partial charge is 0.489 e. The number of nitrogens with two attached hydrogens (primary N) is 1. The third kappa shape index (κ3) is 6.27. The van der Waals surface area contributed by atoms with Gasteiger partial charge in [-0.05, 0) is 55.0 Å². The van der Waals surface area contributed by atoms with Crippen molar-refractivity contribution in [3.05, 3.63) is 53.3 Å². The fourth-order valence-electron chi connectivity index (χ4n) is 4.16. The summed E-state index contributed by atoms with van der Waals surface area (Å²) in [4.78, 5) is 42.0. The molecule has 1 aromatic carbocycles. The van der Waals surface area contributed by atoms with Gasteiger partial charge in [-0.25, -0.2) is 9.78 Å². The van der Waals surface area contributed by atoms with Crippen LogP contribution in [0, 0.1) is 5.92 Å². The molecule has 0 spiro atoms. The number of primary amides is 1. The van der Waals surface area contributed by atoms with Crippen molar-refractivity contribution in [1.82, 2.24) is 9.88 Å². The Labute approximate surface area is 206 Å². The van der Waals surface area contributed by atoms with Gasteiger partial charge in [-0.2, -0.15) is 8.78 Å². The molecule has 1 saturated heterocycles. The first-order valence-electron chi connectivity index (χ1n) is 11.6. The van der Waals surface area contributed by atoms with Crippen LogP contribution in [-0.2, 0) is 20.9 Å². The molecular weight excluding hydrogens is 476 g/mol. The number of esters is 1. The highest BCUT2D eigenvalue weighted by Crippen LogP contribution is 2.39. The van der Waals surface area contributed by atoms with E-state index in [4.69, 9.17) is 15.2 Å². The van der Waals surface area contributed by atoms with E-state index in [9.17, 15) is 23.2 Å². The fourth-order valence-corrected chi connectivity index (χ4v) is 4.16. The van der Waals surface area contributed by atoms with Crippen LogP contribution in [0.1, 0.15) is 53.8 Å². The maximum Gasteiger partial charge on any atom is 0.387 e. The molecule has 2 fully saturated rings. The number of nitrogens with zero attached hydrogens (tertiary/aromatic N) is 2.